The van der Waals surface area contributed by atoms with Crippen molar-refractivity contribution in [2.24, 2.45) is 5.73 Å². The van der Waals surface area contributed by atoms with Crippen LogP contribution >= 0.6 is 11.3 Å². The van der Waals surface area contributed by atoms with Crippen LogP contribution < -0.4 is 5.73 Å². The quantitative estimate of drug-likeness (QED) is 0.873. The summed E-state index contributed by atoms with van der Waals surface area (Å²) in [6.45, 7) is 2.90. The molecule has 1 aliphatic rings. The Morgan fingerprint density at radius 2 is 2.31 bits per heavy atom. The summed E-state index contributed by atoms with van der Waals surface area (Å²) in [4.78, 5) is 3.87. The Balaban J connectivity index is 1.96. The van der Waals surface area contributed by atoms with Gasteiger partial charge in [0.1, 0.15) is 0 Å². The third-order valence-corrected chi connectivity index (χ3v) is 4.32. The standard InChI is InChI=1S/C12H20N2OS/c1-15-10-4-6-14(7-5-10)11(9-13)12-3-2-8-16-12/h2-3,8,10-11H,4-7,9,13H2,1H3. The smallest absolute Gasteiger partial charge is 0.0595 e. The van der Waals surface area contributed by atoms with Gasteiger partial charge in [0.2, 0.25) is 0 Å². The molecule has 2 N–H and O–H groups in total. The molecule has 1 unspecified atom stereocenters. The van der Waals surface area contributed by atoms with Gasteiger partial charge in [0.05, 0.1) is 12.1 Å². The van der Waals surface area contributed by atoms with Gasteiger partial charge in [0.25, 0.3) is 0 Å². The first-order valence-corrected chi connectivity index (χ1v) is 6.73. The molecule has 1 aromatic rings. The molecule has 4 heteroatoms. The maximum atomic E-state index is 5.90. The van der Waals surface area contributed by atoms with E-state index in [-0.39, 0.29) is 0 Å². The molecule has 0 spiro atoms. The van der Waals surface area contributed by atoms with Crippen molar-refractivity contribution in [2.45, 2.75) is 25.0 Å². The van der Waals surface area contributed by atoms with Crippen LogP contribution in [-0.2, 0) is 4.74 Å². The van der Waals surface area contributed by atoms with E-state index in [0.717, 1.165) is 25.9 Å². The largest absolute Gasteiger partial charge is 0.381 e. The summed E-state index contributed by atoms with van der Waals surface area (Å²) in [5, 5.41) is 2.12. The van der Waals surface area contributed by atoms with E-state index in [9.17, 15) is 0 Å². The van der Waals surface area contributed by atoms with Gasteiger partial charge in [-0.15, -0.1) is 11.3 Å². The molecule has 2 heterocycles. The summed E-state index contributed by atoms with van der Waals surface area (Å²) in [6, 6.07) is 4.69. The molecular weight excluding hydrogens is 220 g/mol. The van der Waals surface area contributed by atoms with Crippen LogP contribution in [0.3, 0.4) is 0 Å². The molecule has 2 rings (SSSR count). The topological polar surface area (TPSA) is 38.5 Å². The van der Waals surface area contributed by atoms with Crippen molar-refractivity contribution >= 4 is 11.3 Å². The molecule has 3 nitrogen and oxygen atoms in total. The van der Waals surface area contributed by atoms with Gasteiger partial charge in [0, 0.05) is 31.6 Å². The predicted molar refractivity (Wildman–Crippen MR) is 67.7 cm³/mol. The van der Waals surface area contributed by atoms with E-state index in [1.54, 1.807) is 18.4 Å². The Labute approximate surface area is 101 Å². The molecule has 0 aliphatic carbocycles. The second-order valence-corrected chi connectivity index (χ2v) is 5.22. The zero-order valence-electron chi connectivity index (χ0n) is 9.76. The van der Waals surface area contributed by atoms with Gasteiger partial charge in [-0.2, -0.15) is 0 Å². The van der Waals surface area contributed by atoms with Crippen LogP contribution in [0.2, 0.25) is 0 Å². The highest BCUT2D eigenvalue weighted by Gasteiger charge is 2.25. The lowest BCUT2D eigenvalue weighted by atomic mass is 10.0. The van der Waals surface area contributed by atoms with Crippen LogP contribution in [0.1, 0.15) is 23.8 Å². The van der Waals surface area contributed by atoms with Crippen molar-refractivity contribution in [3.63, 3.8) is 0 Å². The highest BCUT2D eigenvalue weighted by molar-refractivity contribution is 7.10. The van der Waals surface area contributed by atoms with Gasteiger partial charge in [0.15, 0.2) is 0 Å². The maximum absolute atomic E-state index is 5.90. The molecule has 0 aromatic carbocycles. The lowest BCUT2D eigenvalue weighted by Crippen LogP contribution is -2.41. The Bertz CT molecular complexity index is 294. The van der Waals surface area contributed by atoms with Gasteiger partial charge in [-0.25, -0.2) is 0 Å². The van der Waals surface area contributed by atoms with Crippen molar-refractivity contribution in [1.29, 1.82) is 0 Å². The minimum absolute atomic E-state index is 0.401. The van der Waals surface area contributed by atoms with Crippen molar-refractivity contribution in [3.8, 4) is 0 Å². The second-order valence-electron chi connectivity index (χ2n) is 4.24. The Morgan fingerprint density at radius 3 is 2.81 bits per heavy atom. The van der Waals surface area contributed by atoms with Gasteiger partial charge >= 0.3 is 0 Å². The molecule has 1 fully saturated rings. The third kappa shape index (κ3) is 2.63. The lowest BCUT2D eigenvalue weighted by Gasteiger charge is -2.36. The number of likely N-dealkylation sites (tertiary alicyclic amines) is 1. The number of rotatable bonds is 4. The first-order chi connectivity index (χ1) is 7.85. The van der Waals surface area contributed by atoms with Crippen LogP contribution in [-0.4, -0.2) is 37.7 Å². The van der Waals surface area contributed by atoms with Crippen LogP contribution in [0.25, 0.3) is 0 Å². The summed E-state index contributed by atoms with van der Waals surface area (Å²) < 4.78 is 5.39. The Morgan fingerprint density at radius 1 is 1.56 bits per heavy atom. The van der Waals surface area contributed by atoms with Crippen molar-refractivity contribution in [1.82, 2.24) is 4.90 Å². The second kappa shape index (κ2) is 5.77. The van der Waals surface area contributed by atoms with Crippen LogP contribution in [0.5, 0.6) is 0 Å². The van der Waals surface area contributed by atoms with Gasteiger partial charge in [-0.1, -0.05) is 6.07 Å². The van der Waals surface area contributed by atoms with Crippen LogP contribution in [0.15, 0.2) is 17.5 Å². The van der Waals surface area contributed by atoms with Crippen LogP contribution in [0.4, 0.5) is 0 Å². The molecule has 1 aromatic heterocycles. The molecule has 0 radical (unpaired) electrons. The van der Waals surface area contributed by atoms with E-state index in [0.29, 0.717) is 18.7 Å². The van der Waals surface area contributed by atoms with Gasteiger partial charge < -0.3 is 10.5 Å². The number of hydrogen-bond acceptors (Lipinski definition) is 4. The fourth-order valence-electron chi connectivity index (χ4n) is 2.35. The molecule has 1 aliphatic heterocycles. The molecule has 1 atom stereocenters. The first-order valence-electron chi connectivity index (χ1n) is 5.85. The number of nitrogens with two attached hydrogens (primary N) is 1. The Kier molecular flexibility index (Phi) is 4.35. The van der Waals surface area contributed by atoms with E-state index in [2.05, 4.69) is 22.4 Å². The maximum Gasteiger partial charge on any atom is 0.0595 e. The van der Waals surface area contributed by atoms with Gasteiger partial charge in [-0.3, -0.25) is 4.90 Å². The van der Waals surface area contributed by atoms with Crippen molar-refractivity contribution in [3.05, 3.63) is 22.4 Å². The molecule has 0 bridgehead atoms. The predicted octanol–water partition coefficient (Wildman–Crippen LogP) is 1.86. The van der Waals surface area contributed by atoms with Crippen molar-refractivity contribution < 1.29 is 4.74 Å². The molecule has 1 saturated heterocycles. The number of methoxy groups -OCH3 is 1. The summed E-state index contributed by atoms with van der Waals surface area (Å²) in [5.74, 6) is 0. The monoisotopic (exact) mass is 240 g/mol. The van der Waals surface area contributed by atoms with Gasteiger partial charge in [-0.05, 0) is 24.3 Å². The average Bonchev–Trinajstić information content (AvgIpc) is 2.85. The highest BCUT2D eigenvalue weighted by atomic mass is 32.1. The molecule has 16 heavy (non-hydrogen) atoms. The number of piperidine rings is 1. The zero-order valence-corrected chi connectivity index (χ0v) is 10.6. The van der Waals surface area contributed by atoms with E-state index in [1.165, 1.54) is 4.88 Å². The first kappa shape index (κ1) is 12.0. The minimum Gasteiger partial charge on any atom is -0.381 e. The van der Waals surface area contributed by atoms with E-state index < -0.39 is 0 Å². The Hall–Kier alpha value is -0.420. The summed E-state index contributed by atoms with van der Waals surface area (Å²) in [6.07, 6.45) is 2.69. The number of ether oxygens (including phenoxy) is 1. The zero-order chi connectivity index (χ0) is 11.4. The molecule has 90 valence electrons. The number of nitrogens with zero attached hydrogens (tertiary/aromatic N) is 1. The lowest BCUT2D eigenvalue weighted by molar-refractivity contribution is 0.0285. The van der Waals surface area contributed by atoms with E-state index >= 15 is 0 Å². The average molecular weight is 240 g/mol. The van der Waals surface area contributed by atoms with Crippen LogP contribution in [0, 0.1) is 0 Å². The fourth-order valence-corrected chi connectivity index (χ4v) is 3.22. The number of thiophene rings is 1. The third-order valence-electron chi connectivity index (χ3n) is 3.35. The summed E-state index contributed by atoms with van der Waals surface area (Å²) in [7, 11) is 1.81. The summed E-state index contributed by atoms with van der Waals surface area (Å²) >= 11 is 1.80. The fraction of sp³-hybridized carbons (Fsp3) is 0.667. The molecular formula is C12H20N2OS. The van der Waals surface area contributed by atoms with E-state index in [1.807, 2.05) is 0 Å². The van der Waals surface area contributed by atoms with E-state index in [4.69, 9.17) is 10.5 Å². The molecule has 0 amide bonds. The normalized spacial score (nSPS) is 21.1. The minimum atomic E-state index is 0.401. The molecule has 0 saturated carbocycles. The highest BCUT2D eigenvalue weighted by Crippen LogP contribution is 2.27. The number of hydrogen-bond donors (Lipinski definition) is 1. The van der Waals surface area contributed by atoms with Crippen molar-refractivity contribution in [2.75, 3.05) is 26.7 Å². The summed E-state index contributed by atoms with van der Waals surface area (Å²) in [5.41, 5.74) is 5.90. The SMILES string of the molecule is COC1CCN(C(CN)c2cccs2)CC1.